The van der Waals surface area contributed by atoms with Crippen molar-refractivity contribution in [2.75, 3.05) is 6.54 Å². The van der Waals surface area contributed by atoms with Crippen LogP contribution in [0.25, 0.3) is 0 Å². The minimum Gasteiger partial charge on any atom is -0.354 e. The molecule has 6 heteroatoms. The zero-order chi connectivity index (χ0) is 21.2. The molecule has 2 aromatic carbocycles. The highest BCUT2D eigenvalue weighted by Gasteiger charge is 2.25. The number of aryl methyl sites for hydroxylation is 1. The van der Waals surface area contributed by atoms with E-state index in [9.17, 15) is 14.0 Å². The van der Waals surface area contributed by atoms with Gasteiger partial charge in [-0.1, -0.05) is 55.3 Å². The summed E-state index contributed by atoms with van der Waals surface area (Å²) in [5, 5.41) is 3.50. The van der Waals surface area contributed by atoms with Crippen molar-refractivity contribution in [3.8, 4) is 0 Å². The fraction of sp³-hybridized carbons (Fsp3) is 0.391. The largest absolute Gasteiger partial charge is 0.354 e. The van der Waals surface area contributed by atoms with Crippen LogP contribution in [0.2, 0.25) is 5.02 Å². The van der Waals surface area contributed by atoms with Crippen molar-refractivity contribution < 1.29 is 14.0 Å². The Kier molecular flexibility index (Phi) is 9.13. The van der Waals surface area contributed by atoms with Gasteiger partial charge in [0, 0.05) is 24.5 Å². The number of hydrogen-bond donors (Lipinski definition) is 1. The predicted octanol–water partition coefficient (Wildman–Crippen LogP) is 4.75. The van der Waals surface area contributed by atoms with Gasteiger partial charge in [0.15, 0.2) is 0 Å². The summed E-state index contributed by atoms with van der Waals surface area (Å²) in [5.74, 6) is -0.672. The van der Waals surface area contributed by atoms with Crippen LogP contribution >= 0.6 is 11.6 Å². The zero-order valence-corrected chi connectivity index (χ0v) is 17.7. The van der Waals surface area contributed by atoms with Gasteiger partial charge in [-0.2, -0.15) is 0 Å². The van der Waals surface area contributed by atoms with Gasteiger partial charge in [-0.05, 0) is 49.1 Å². The Morgan fingerprint density at radius 1 is 1.14 bits per heavy atom. The Bertz CT molecular complexity index is 811. The van der Waals surface area contributed by atoms with Gasteiger partial charge in [-0.25, -0.2) is 4.39 Å². The lowest BCUT2D eigenvalue weighted by Crippen LogP contribution is -2.47. The molecule has 2 amide bonds. The van der Waals surface area contributed by atoms with Gasteiger partial charge in [0.25, 0.3) is 0 Å². The number of carbonyl (C=O) groups is 2. The van der Waals surface area contributed by atoms with Crippen LogP contribution in [-0.4, -0.2) is 29.3 Å². The summed E-state index contributed by atoms with van der Waals surface area (Å²) in [5.41, 5.74) is 1.66. The molecule has 1 unspecified atom stereocenters. The minimum atomic E-state index is -0.629. The van der Waals surface area contributed by atoms with Gasteiger partial charge in [0.1, 0.15) is 11.9 Å². The van der Waals surface area contributed by atoms with Crippen LogP contribution in [0.1, 0.15) is 44.2 Å². The highest BCUT2D eigenvalue weighted by atomic mass is 35.5. The number of benzene rings is 2. The molecule has 156 valence electrons. The Morgan fingerprint density at radius 3 is 2.48 bits per heavy atom. The molecule has 0 saturated carbocycles. The minimum absolute atomic E-state index is 0.146. The van der Waals surface area contributed by atoms with E-state index in [1.807, 2.05) is 18.2 Å². The monoisotopic (exact) mass is 418 g/mol. The third-order valence-electron chi connectivity index (χ3n) is 4.83. The van der Waals surface area contributed by atoms with Crippen LogP contribution in [0.4, 0.5) is 4.39 Å². The summed E-state index contributed by atoms with van der Waals surface area (Å²) in [4.78, 5) is 27.1. The second kappa shape index (κ2) is 11.6. The molecule has 2 rings (SSSR count). The van der Waals surface area contributed by atoms with Crippen LogP contribution < -0.4 is 5.32 Å². The van der Waals surface area contributed by atoms with Crippen LogP contribution in [0.5, 0.6) is 0 Å². The van der Waals surface area contributed by atoms with E-state index in [0.717, 1.165) is 24.0 Å². The molecule has 0 radical (unpaired) electrons. The highest BCUT2D eigenvalue weighted by molar-refractivity contribution is 6.31. The van der Waals surface area contributed by atoms with Crippen LogP contribution in [-0.2, 0) is 22.6 Å². The van der Waals surface area contributed by atoms with E-state index in [1.54, 1.807) is 30.0 Å². The number of hydrogen-bond acceptors (Lipinski definition) is 2. The molecule has 2 aromatic rings. The molecular formula is C23H28ClFN2O2. The van der Waals surface area contributed by atoms with Crippen molar-refractivity contribution in [2.24, 2.45) is 0 Å². The maximum atomic E-state index is 13.2. The Labute approximate surface area is 177 Å². The number of carbonyl (C=O) groups excluding carboxylic acids is 2. The van der Waals surface area contributed by atoms with E-state index in [-0.39, 0.29) is 30.6 Å². The second-order valence-electron chi connectivity index (χ2n) is 7.06. The van der Waals surface area contributed by atoms with E-state index in [0.29, 0.717) is 18.0 Å². The van der Waals surface area contributed by atoms with Crippen molar-refractivity contribution in [1.29, 1.82) is 0 Å². The fourth-order valence-electron chi connectivity index (χ4n) is 2.99. The molecule has 0 saturated heterocycles. The summed E-state index contributed by atoms with van der Waals surface area (Å²) in [7, 11) is 0. The van der Waals surface area contributed by atoms with Crippen LogP contribution in [0.15, 0.2) is 48.5 Å². The van der Waals surface area contributed by atoms with Gasteiger partial charge in [-0.15, -0.1) is 0 Å². The highest BCUT2D eigenvalue weighted by Crippen LogP contribution is 2.18. The molecule has 29 heavy (non-hydrogen) atoms. The molecule has 0 aliphatic rings. The second-order valence-corrected chi connectivity index (χ2v) is 7.47. The van der Waals surface area contributed by atoms with E-state index in [1.165, 1.54) is 12.1 Å². The summed E-state index contributed by atoms with van der Waals surface area (Å²) < 4.78 is 13.2. The molecule has 0 bridgehead atoms. The first-order valence-electron chi connectivity index (χ1n) is 9.97. The molecule has 0 fully saturated rings. The van der Waals surface area contributed by atoms with Crippen LogP contribution in [0.3, 0.4) is 0 Å². The van der Waals surface area contributed by atoms with E-state index in [2.05, 4.69) is 12.2 Å². The quantitative estimate of drug-likeness (QED) is 0.566. The van der Waals surface area contributed by atoms with Gasteiger partial charge in [-0.3, -0.25) is 9.59 Å². The number of halogens is 2. The number of nitrogens with zero attached hydrogens (tertiary/aromatic N) is 1. The van der Waals surface area contributed by atoms with Crippen molar-refractivity contribution in [3.63, 3.8) is 0 Å². The summed E-state index contributed by atoms with van der Waals surface area (Å²) in [6.07, 6.45) is 2.59. The predicted molar refractivity (Wildman–Crippen MR) is 114 cm³/mol. The SMILES string of the molecule is CCCCNC(=O)C(C)N(Cc1ccc(F)cc1)C(=O)CCc1ccccc1Cl. The third-order valence-corrected chi connectivity index (χ3v) is 5.20. The van der Waals surface area contributed by atoms with Gasteiger partial charge >= 0.3 is 0 Å². The first kappa shape index (κ1) is 22.9. The Balaban J connectivity index is 2.11. The van der Waals surface area contributed by atoms with Gasteiger partial charge < -0.3 is 10.2 Å². The number of nitrogens with one attached hydrogen (secondary N) is 1. The standard InChI is InChI=1S/C23H28ClFN2O2/c1-3-4-15-26-23(29)17(2)27(16-18-9-12-20(25)13-10-18)22(28)14-11-19-7-5-6-8-21(19)24/h5-10,12-13,17H,3-4,11,14-16H2,1-2H3,(H,26,29). The molecule has 1 atom stereocenters. The topological polar surface area (TPSA) is 49.4 Å². The summed E-state index contributed by atoms with van der Waals surface area (Å²) in [6.45, 7) is 4.59. The van der Waals surface area contributed by atoms with Gasteiger partial charge in [0.05, 0.1) is 0 Å². The molecular weight excluding hydrogens is 391 g/mol. The zero-order valence-electron chi connectivity index (χ0n) is 17.0. The molecule has 4 nitrogen and oxygen atoms in total. The number of amides is 2. The number of rotatable bonds is 10. The molecule has 0 aliphatic heterocycles. The Hall–Kier alpha value is -2.40. The third kappa shape index (κ3) is 7.17. The van der Waals surface area contributed by atoms with Crippen molar-refractivity contribution in [3.05, 3.63) is 70.5 Å². The lowest BCUT2D eigenvalue weighted by Gasteiger charge is -2.29. The van der Waals surface area contributed by atoms with E-state index < -0.39 is 6.04 Å². The average Bonchev–Trinajstić information content (AvgIpc) is 2.72. The summed E-state index contributed by atoms with van der Waals surface area (Å²) in [6, 6.07) is 12.7. The molecule has 0 heterocycles. The summed E-state index contributed by atoms with van der Waals surface area (Å²) >= 11 is 6.19. The first-order chi connectivity index (χ1) is 13.9. The van der Waals surface area contributed by atoms with E-state index >= 15 is 0 Å². The molecule has 0 spiro atoms. The van der Waals surface area contributed by atoms with Crippen molar-refractivity contribution in [1.82, 2.24) is 10.2 Å². The lowest BCUT2D eigenvalue weighted by atomic mass is 10.1. The molecule has 0 aromatic heterocycles. The Morgan fingerprint density at radius 2 is 1.83 bits per heavy atom. The van der Waals surface area contributed by atoms with E-state index in [4.69, 9.17) is 11.6 Å². The maximum Gasteiger partial charge on any atom is 0.242 e. The first-order valence-corrected chi connectivity index (χ1v) is 10.3. The molecule has 0 aliphatic carbocycles. The normalized spacial score (nSPS) is 11.7. The lowest BCUT2D eigenvalue weighted by molar-refractivity contribution is -0.140. The number of unbranched alkanes of at least 4 members (excludes halogenated alkanes) is 1. The smallest absolute Gasteiger partial charge is 0.242 e. The van der Waals surface area contributed by atoms with Gasteiger partial charge in [0.2, 0.25) is 11.8 Å². The van der Waals surface area contributed by atoms with Crippen molar-refractivity contribution in [2.45, 2.75) is 52.1 Å². The maximum absolute atomic E-state index is 13.2. The average molecular weight is 419 g/mol. The fourth-order valence-corrected chi connectivity index (χ4v) is 3.22. The van der Waals surface area contributed by atoms with Crippen molar-refractivity contribution >= 4 is 23.4 Å². The molecule has 1 N–H and O–H groups in total. The van der Waals surface area contributed by atoms with Crippen LogP contribution in [0, 0.1) is 5.82 Å².